The van der Waals surface area contributed by atoms with Gasteiger partial charge in [0, 0.05) is 16.7 Å². The minimum Gasteiger partial charge on any atom is -0.208 e. The summed E-state index contributed by atoms with van der Waals surface area (Å²) in [4.78, 5) is 15.5. The fraction of sp³-hybridized carbons (Fsp3) is 0. The molecule has 0 radical (unpaired) electrons. The van der Waals surface area contributed by atoms with Crippen LogP contribution in [0.1, 0.15) is 0 Å². The number of hydrogen-bond acceptors (Lipinski definition) is 3. The number of aromatic nitrogens is 3. The van der Waals surface area contributed by atoms with Gasteiger partial charge < -0.3 is 0 Å². The van der Waals surface area contributed by atoms with Crippen molar-refractivity contribution in [3.8, 4) is 56.4 Å². The van der Waals surface area contributed by atoms with Crippen molar-refractivity contribution in [2.24, 2.45) is 0 Å². The quantitative estimate of drug-likeness (QED) is 0.184. The highest BCUT2D eigenvalue weighted by Crippen LogP contribution is 2.39. The molecule has 0 fully saturated rings. The molecule has 10 aromatic rings. The molecule has 0 atom stereocenters. The third-order valence-electron chi connectivity index (χ3n) is 10.1. The van der Waals surface area contributed by atoms with Crippen molar-refractivity contribution in [3.63, 3.8) is 0 Å². The molecular weight excluding hydrogens is 631 g/mol. The molecule has 0 saturated carbocycles. The molecule has 3 nitrogen and oxygen atoms in total. The van der Waals surface area contributed by atoms with Gasteiger partial charge in [0.2, 0.25) is 0 Å². The molecule has 1 heterocycles. The highest BCUT2D eigenvalue weighted by Gasteiger charge is 2.17. The Morgan fingerprint density at radius 3 is 1.38 bits per heavy atom. The predicted octanol–water partition coefficient (Wildman–Crippen LogP) is 12.8. The summed E-state index contributed by atoms with van der Waals surface area (Å²) < 4.78 is 0. The Hall–Kier alpha value is -6.97. The van der Waals surface area contributed by atoms with Crippen molar-refractivity contribution in [3.05, 3.63) is 188 Å². The van der Waals surface area contributed by atoms with Gasteiger partial charge in [-0.25, -0.2) is 15.0 Å². The van der Waals surface area contributed by atoms with Crippen LogP contribution in [0.15, 0.2) is 188 Å². The summed E-state index contributed by atoms with van der Waals surface area (Å²) in [5, 5.41) is 9.50. The fourth-order valence-corrected chi connectivity index (χ4v) is 7.55. The van der Waals surface area contributed by atoms with Gasteiger partial charge in [0.15, 0.2) is 17.5 Å². The van der Waals surface area contributed by atoms with Crippen LogP contribution in [0.2, 0.25) is 0 Å². The SMILES string of the molecule is c1ccc2cc(-c3nc(-c4ccc(-c5cccc6ccccc56)cc4)nc(-c4ccc(-c5cccc6ccccc56)c5ccccc45)n3)ccc2c1. The summed E-state index contributed by atoms with van der Waals surface area (Å²) in [5.74, 6) is 1.93. The number of fused-ring (bicyclic) bond motifs is 4. The number of benzene rings is 9. The summed E-state index contributed by atoms with van der Waals surface area (Å²) in [7, 11) is 0. The number of nitrogens with zero attached hydrogens (tertiary/aromatic N) is 3. The van der Waals surface area contributed by atoms with Gasteiger partial charge in [-0.1, -0.05) is 176 Å². The van der Waals surface area contributed by atoms with Crippen LogP contribution in [0.4, 0.5) is 0 Å². The van der Waals surface area contributed by atoms with Gasteiger partial charge >= 0.3 is 0 Å². The fourth-order valence-electron chi connectivity index (χ4n) is 7.55. The molecule has 0 aliphatic carbocycles. The molecule has 3 heteroatoms. The van der Waals surface area contributed by atoms with Crippen molar-refractivity contribution in [2.75, 3.05) is 0 Å². The van der Waals surface area contributed by atoms with Crippen LogP contribution in [0.3, 0.4) is 0 Å². The van der Waals surface area contributed by atoms with Crippen LogP contribution >= 0.6 is 0 Å². The molecule has 10 rings (SSSR count). The third kappa shape index (κ3) is 5.19. The van der Waals surface area contributed by atoms with Gasteiger partial charge in [-0.15, -0.1) is 0 Å². The summed E-state index contributed by atoms with van der Waals surface area (Å²) in [6.07, 6.45) is 0. The first-order valence-electron chi connectivity index (χ1n) is 17.6. The van der Waals surface area contributed by atoms with E-state index < -0.39 is 0 Å². The zero-order chi connectivity index (χ0) is 34.4. The maximum Gasteiger partial charge on any atom is 0.164 e. The molecule has 9 aromatic carbocycles. The van der Waals surface area contributed by atoms with Gasteiger partial charge in [-0.2, -0.15) is 0 Å². The van der Waals surface area contributed by atoms with E-state index in [1.165, 1.54) is 43.6 Å². The predicted molar refractivity (Wildman–Crippen MR) is 217 cm³/mol. The van der Waals surface area contributed by atoms with E-state index in [2.05, 4.69) is 188 Å². The lowest BCUT2D eigenvalue weighted by atomic mass is 9.92. The number of rotatable bonds is 5. The smallest absolute Gasteiger partial charge is 0.164 e. The zero-order valence-electron chi connectivity index (χ0n) is 28.2. The van der Waals surface area contributed by atoms with Crippen LogP contribution in [0, 0.1) is 0 Å². The van der Waals surface area contributed by atoms with Gasteiger partial charge in [-0.05, 0) is 77.5 Å². The summed E-state index contributed by atoms with van der Waals surface area (Å²) in [5.41, 5.74) is 7.61. The van der Waals surface area contributed by atoms with Crippen LogP contribution < -0.4 is 0 Å². The van der Waals surface area contributed by atoms with E-state index in [1.54, 1.807) is 0 Å². The molecule has 0 bridgehead atoms. The second-order valence-electron chi connectivity index (χ2n) is 13.2. The van der Waals surface area contributed by atoms with Crippen LogP contribution in [-0.2, 0) is 0 Å². The Kier molecular flexibility index (Phi) is 7.14. The summed E-state index contributed by atoms with van der Waals surface area (Å²) in [6, 6.07) is 66.5. The maximum absolute atomic E-state index is 5.19. The number of hydrogen-bond donors (Lipinski definition) is 0. The molecule has 0 aliphatic rings. The first-order valence-corrected chi connectivity index (χ1v) is 17.6. The van der Waals surface area contributed by atoms with Crippen molar-refractivity contribution >= 4 is 43.1 Å². The molecule has 52 heavy (non-hydrogen) atoms. The topological polar surface area (TPSA) is 38.7 Å². The van der Waals surface area contributed by atoms with E-state index in [0.717, 1.165) is 38.4 Å². The zero-order valence-corrected chi connectivity index (χ0v) is 28.2. The van der Waals surface area contributed by atoms with E-state index in [4.69, 9.17) is 15.0 Å². The van der Waals surface area contributed by atoms with Crippen LogP contribution in [0.5, 0.6) is 0 Å². The minimum atomic E-state index is 0.639. The lowest BCUT2D eigenvalue weighted by Crippen LogP contribution is -2.01. The second kappa shape index (κ2) is 12.4. The Labute approximate surface area is 301 Å². The average Bonchev–Trinajstić information content (AvgIpc) is 3.22. The van der Waals surface area contributed by atoms with Crippen LogP contribution in [-0.4, -0.2) is 15.0 Å². The lowest BCUT2D eigenvalue weighted by Gasteiger charge is -2.14. The second-order valence-corrected chi connectivity index (χ2v) is 13.2. The lowest BCUT2D eigenvalue weighted by molar-refractivity contribution is 1.08. The monoisotopic (exact) mass is 661 g/mol. The molecule has 0 amide bonds. The average molecular weight is 662 g/mol. The van der Waals surface area contributed by atoms with E-state index >= 15 is 0 Å². The Morgan fingerprint density at radius 1 is 0.231 bits per heavy atom. The highest BCUT2D eigenvalue weighted by molar-refractivity contribution is 6.09. The van der Waals surface area contributed by atoms with E-state index in [1.807, 2.05) is 0 Å². The first kappa shape index (κ1) is 29.9. The molecule has 0 unspecified atom stereocenters. The van der Waals surface area contributed by atoms with Crippen molar-refractivity contribution in [2.45, 2.75) is 0 Å². The van der Waals surface area contributed by atoms with E-state index in [0.29, 0.717) is 17.5 Å². The Bertz CT molecular complexity index is 2950. The Morgan fingerprint density at radius 2 is 0.673 bits per heavy atom. The summed E-state index contributed by atoms with van der Waals surface area (Å²) >= 11 is 0. The molecule has 0 N–H and O–H groups in total. The third-order valence-corrected chi connectivity index (χ3v) is 10.1. The highest BCUT2D eigenvalue weighted by atomic mass is 15.0. The van der Waals surface area contributed by atoms with E-state index in [-0.39, 0.29) is 0 Å². The largest absolute Gasteiger partial charge is 0.208 e. The Balaban J connectivity index is 1.15. The van der Waals surface area contributed by atoms with Gasteiger partial charge in [0.1, 0.15) is 0 Å². The molecule has 0 aliphatic heterocycles. The molecule has 242 valence electrons. The maximum atomic E-state index is 5.19. The molecular formula is C49H31N3. The minimum absolute atomic E-state index is 0.639. The van der Waals surface area contributed by atoms with E-state index in [9.17, 15) is 0 Å². The normalized spacial score (nSPS) is 11.5. The standard InChI is InChI=1S/C49H31N3/c1-2-14-37-31-38(28-23-32(37)11-1)48-50-47(36-26-24-35(25-27-36)40-21-9-15-33-12-3-5-17-39(33)40)51-49(52-48)46-30-29-45(43-19-7-8-20-44(43)46)42-22-10-16-34-13-4-6-18-41(34)42/h1-31H. The van der Waals surface area contributed by atoms with Crippen LogP contribution in [0.25, 0.3) is 99.5 Å². The van der Waals surface area contributed by atoms with Crippen molar-refractivity contribution in [1.82, 2.24) is 15.0 Å². The van der Waals surface area contributed by atoms with Gasteiger partial charge in [0.05, 0.1) is 0 Å². The van der Waals surface area contributed by atoms with Crippen molar-refractivity contribution in [1.29, 1.82) is 0 Å². The van der Waals surface area contributed by atoms with Gasteiger partial charge in [-0.3, -0.25) is 0 Å². The molecule has 0 spiro atoms. The molecule has 0 saturated heterocycles. The first-order chi connectivity index (χ1) is 25.8. The van der Waals surface area contributed by atoms with Crippen molar-refractivity contribution < 1.29 is 0 Å². The summed E-state index contributed by atoms with van der Waals surface area (Å²) in [6.45, 7) is 0. The van der Waals surface area contributed by atoms with Gasteiger partial charge in [0.25, 0.3) is 0 Å². The molecule has 1 aromatic heterocycles.